The van der Waals surface area contributed by atoms with Crippen LogP contribution in [-0.4, -0.2) is 48.3 Å². The van der Waals surface area contributed by atoms with Gasteiger partial charge < -0.3 is 10.1 Å². The Morgan fingerprint density at radius 1 is 1.21 bits per heavy atom. The minimum Gasteiger partial charge on any atom is -0.372 e. The van der Waals surface area contributed by atoms with Crippen LogP contribution in [0.15, 0.2) is 0 Å². The van der Waals surface area contributed by atoms with Crippen molar-refractivity contribution in [2.75, 3.05) is 19.6 Å². The molecule has 1 rings (SSSR count). The van der Waals surface area contributed by atoms with Gasteiger partial charge in [-0.2, -0.15) is 0 Å². The van der Waals surface area contributed by atoms with Crippen LogP contribution in [-0.2, 0) is 4.74 Å². The normalized spacial score (nSPS) is 24.6. The van der Waals surface area contributed by atoms with Crippen LogP contribution in [0.3, 0.4) is 0 Å². The molecule has 1 heterocycles. The number of ether oxygens (including phenoxy) is 1. The van der Waals surface area contributed by atoms with Crippen molar-refractivity contribution in [1.29, 1.82) is 0 Å². The minimum absolute atomic E-state index is 0.188. The minimum atomic E-state index is 0.188. The van der Waals surface area contributed by atoms with Gasteiger partial charge in [-0.1, -0.05) is 6.92 Å². The highest BCUT2D eigenvalue weighted by Crippen LogP contribution is 2.21. The van der Waals surface area contributed by atoms with Gasteiger partial charge in [0.2, 0.25) is 0 Å². The Morgan fingerprint density at radius 2 is 1.84 bits per heavy atom. The fourth-order valence-electron chi connectivity index (χ4n) is 2.59. The molecule has 0 aliphatic carbocycles. The van der Waals surface area contributed by atoms with E-state index in [1.165, 1.54) is 25.8 Å². The smallest absolute Gasteiger partial charge is 0.0707 e. The second kappa shape index (κ2) is 7.61. The maximum atomic E-state index is 6.18. The summed E-state index contributed by atoms with van der Waals surface area (Å²) in [4.78, 5) is 2.55. The molecule has 1 N–H and O–H groups in total. The van der Waals surface area contributed by atoms with E-state index in [0.29, 0.717) is 18.2 Å². The SMILES string of the molecule is CCCN(CC1CCC(CNC(C)(C)C)O1)C(C)C. The second-order valence-electron chi connectivity index (χ2n) is 7.18. The Hall–Kier alpha value is -0.120. The van der Waals surface area contributed by atoms with E-state index in [0.717, 1.165) is 13.1 Å². The van der Waals surface area contributed by atoms with Crippen LogP contribution in [0.1, 0.15) is 60.8 Å². The first-order valence-corrected chi connectivity index (χ1v) is 7.96. The molecule has 114 valence electrons. The summed E-state index contributed by atoms with van der Waals surface area (Å²) in [7, 11) is 0. The van der Waals surface area contributed by atoms with Gasteiger partial charge in [-0.25, -0.2) is 0 Å². The maximum absolute atomic E-state index is 6.18. The molecule has 1 fully saturated rings. The van der Waals surface area contributed by atoms with Crippen LogP contribution in [0.25, 0.3) is 0 Å². The lowest BCUT2D eigenvalue weighted by molar-refractivity contribution is 0.0151. The third-order valence-electron chi connectivity index (χ3n) is 3.73. The molecule has 1 aliphatic heterocycles. The molecule has 1 saturated heterocycles. The lowest BCUT2D eigenvalue weighted by atomic mass is 10.1. The highest BCUT2D eigenvalue weighted by Gasteiger charge is 2.28. The first-order valence-electron chi connectivity index (χ1n) is 7.96. The Labute approximate surface area is 120 Å². The molecular weight excluding hydrogens is 236 g/mol. The summed E-state index contributed by atoms with van der Waals surface area (Å²) in [6.07, 6.45) is 4.47. The first-order chi connectivity index (χ1) is 8.81. The van der Waals surface area contributed by atoms with E-state index in [2.05, 4.69) is 51.8 Å². The van der Waals surface area contributed by atoms with Crippen LogP contribution in [0.2, 0.25) is 0 Å². The van der Waals surface area contributed by atoms with Gasteiger partial charge in [-0.05, 0) is 60.4 Å². The Kier molecular flexibility index (Phi) is 6.78. The van der Waals surface area contributed by atoms with Crippen molar-refractivity contribution < 1.29 is 4.74 Å². The molecule has 1 aliphatic rings. The molecule has 19 heavy (non-hydrogen) atoms. The summed E-state index contributed by atoms with van der Waals surface area (Å²) in [6.45, 7) is 16.7. The van der Waals surface area contributed by atoms with Crippen molar-refractivity contribution >= 4 is 0 Å². The zero-order valence-electron chi connectivity index (χ0n) is 13.8. The van der Waals surface area contributed by atoms with Gasteiger partial charge in [0.05, 0.1) is 12.2 Å². The molecule has 2 unspecified atom stereocenters. The van der Waals surface area contributed by atoms with E-state index < -0.39 is 0 Å². The standard InChI is InChI=1S/C16H34N2O/c1-7-10-18(13(2)3)12-15-9-8-14(19-15)11-17-16(4,5)6/h13-15,17H,7-12H2,1-6H3. The summed E-state index contributed by atoms with van der Waals surface area (Å²) in [5, 5.41) is 3.55. The molecule has 0 aromatic rings. The Morgan fingerprint density at radius 3 is 2.37 bits per heavy atom. The average Bonchev–Trinajstić information content (AvgIpc) is 2.72. The summed E-state index contributed by atoms with van der Waals surface area (Å²) in [6, 6.07) is 0.621. The molecule has 2 atom stereocenters. The van der Waals surface area contributed by atoms with Crippen LogP contribution < -0.4 is 5.32 Å². The van der Waals surface area contributed by atoms with E-state index in [9.17, 15) is 0 Å². The molecule has 3 nitrogen and oxygen atoms in total. The van der Waals surface area contributed by atoms with Gasteiger partial charge in [0.1, 0.15) is 0 Å². The zero-order valence-corrected chi connectivity index (χ0v) is 13.8. The van der Waals surface area contributed by atoms with Crippen LogP contribution in [0.5, 0.6) is 0 Å². The number of hydrogen-bond acceptors (Lipinski definition) is 3. The van der Waals surface area contributed by atoms with Gasteiger partial charge >= 0.3 is 0 Å². The summed E-state index contributed by atoms with van der Waals surface area (Å²) in [5.41, 5.74) is 0.188. The molecule has 0 saturated carbocycles. The average molecular weight is 270 g/mol. The summed E-state index contributed by atoms with van der Waals surface area (Å²) < 4.78 is 6.18. The van der Waals surface area contributed by atoms with Gasteiger partial charge in [-0.15, -0.1) is 0 Å². The van der Waals surface area contributed by atoms with Crippen LogP contribution in [0.4, 0.5) is 0 Å². The third-order valence-corrected chi connectivity index (χ3v) is 3.73. The number of nitrogens with one attached hydrogen (secondary N) is 1. The second-order valence-corrected chi connectivity index (χ2v) is 7.18. The van der Waals surface area contributed by atoms with E-state index >= 15 is 0 Å². The van der Waals surface area contributed by atoms with Gasteiger partial charge in [0, 0.05) is 24.7 Å². The number of rotatable bonds is 7. The molecule has 0 aromatic heterocycles. The largest absolute Gasteiger partial charge is 0.372 e. The topological polar surface area (TPSA) is 24.5 Å². The highest BCUT2D eigenvalue weighted by molar-refractivity contribution is 4.81. The monoisotopic (exact) mass is 270 g/mol. The molecule has 0 radical (unpaired) electrons. The van der Waals surface area contributed by atoms with E-state index in [1.54, 1.807) is 0 Å². The molecule has 0 amide bonds. The lowest BCUT2D eigenvalue weighted by Crippen LogP contribution is -2.42. The fraction of sp³-hybridized carbons (Fsp3) is 1.00. The predicted octanol–water partition coefficient (Wildman–Crippen LogP) is 3.04. The summed E-state index contributed by atoms with van der Waals surface area (Å²) >= 11 is 0. The van der Waals surface area contributed by atoms with E-state index in [1.807, 2.05) is 0 Å². The van der Waals surface area contributed by atoms with E-state index in [-0.39, 0.29) is 5.54 Å². The number of hydrogen-bond donors (Lipinski definition) is 1. The third kappa shape index (κ3) is 6.73. The molecule has 0 aromatic carbocycles. The van der Waals surface area contributed by atoms with Crippen molar-refractivity contribution in [2.24, 2.45) is 0 Å². The number of nitrogens with zero attached hydrogens (tertiary/aromatic N) is 1. The zero-order chi connectivity index (χ0) is 14.5. The quantitative estimate of drug-likeness (QED) is 0.769. The summed E-state index contributed by atoms with van der Waals surface area (Å²) in [5.74, 6) is 0. The fourth-order valence-corrected chi connectivity index (χ4v) is 2.59. The predicted molar refractivity (Wildman–Crippen MR) is 82.7 cm³/mol. The lowest BCUT2D eigenvalue weighted by Gasteiger charge is -2.29. The van der Waals surface area contributed by atoms with Crippen LogP contribution >= 0.6 is 0 Å². The van der Waals surface area contributed by atoms with Gasteiger partial charge in [-0.3, -0.25) is 4.90 Å². The van der Waals surface area contributed by atoms with Gasteiger partial charge in [0.15, 0.2) is 0 Å². The van der Waals surface area contributed by atoms with Crippen molar-refractivity contribution in [3.05, 3.63) is 0 Å². The molecule has 0 spiro atoms. The molecule has 3 heteroatoms. The Balaban J connectivity index is 2.31. The van der Waals surface area contributed by atoms with Crippen LogP contribution in [0, 0.1) is 0 Å². The van der Waals surface area contributed by atoms with E-state index in [4.69, 9.17) is 4.74 Å². The Bertz CT molecular complexity index is 248. The molecular formula is C16H34N2O. The van der Waals surface area contributed by atoms with Crippen molar-refractivity contribution in [3.63, 3.8) is 0 Å². The van der Waals surface area contributed by atoms with Crippen molar-refractivity contribution in [1.82, 2.24) is 10.2 Å². The maximum Gasteiger partial charge on any atom is 0.0707 e. The van der Waals surface area contributed by atoms with Gasteiger partial charge in [0.25, 0.3) is 0 Å². The first kappa shape index (κ1) is 16.9. The highest BCUT2D eigenvalue weighted by atomic mass is 16.5. The van der Waals surface area contributed by atoms with Crippen molar-refractivity contribution in [3.8, 4) is 0 Å². The van der Waals surface area contributed by atoms with Crippen molar-refractivity contribution in [2.45, 2.75) is 84.6 Å². The molecule has 0 bridgehead atoms.